The van der Waals surface area contributed by atoms with E-state index in [9.17, 15) is 13.6 Å². The Balaban J connectivity index is 2.57. The van der Waals surface area contributed by atoms with E-state index in [2.05, 4.69) is 15.5 Å². The van der Waals surface area contributed by atoms with Crippen molar-refractivity contribution in [3.05, 3.63) is 11.4 Å². The fraction of sp³-hybridized carbons (Fsp3) is 0.636. The number of aliphatic hydroxyl groups is 1. The molecule has 0 aliphatic carbocycles. The van der Waals surface area contributed by atoms with Crippen LogP contribution in [-0.2, 0) is 4.79 Å². The first kappa shape index (κ1) is 15.5. The van der Waals surface area contributed by atoms with E-state index in [1.807, 2.05) is 0 Å². The predicted octanol–water partition coefficient (Wildman–Crippen LogP) is 0.524. The van der Waals surface area contributed by atoms with E-state index < -0.39 is 18.9 Å². The molecule has 19 heavy (non-hydrogen) atoms. The van der Waals surface area contributed by atoms with Gasteiger partial charge in [0.15, 0.2) is 0 Å². The molecule has 1 amide bonds. The van der Waals surface area contributed by atoms with Crippen LogP contribution in [0.25, 0.3) is 0 Å². The molecule has 3 N–H and O–H groups in total. The highest BCUT2D eigenvalue weighted by atomic mass is 19.3. The van der Waals surface area contributed by atoms with Crippen LogP contribution >= 0.6 is 0 Å². The molecule has 0 saturated heterocycles. The number of aliphatic hydroxyl groups excluding tert-OH is 1. The van der Waals surface area contributed by atoms with E-state index in [4.69, 9.17) is 5.11 Å². The van der Waals surface area contributed by atoms with Crippen LogP contribution in [0.1, 0.15) is 11.4 Å². The van der Waals surface area contributed by atoms with Crippen LogP contribution in [0, 0.1) is 13.8 Å². The lowest BCUT2D eigenvalue weighted by molar-refractivity contribution is -0.117. The van der Waals surface area contributed by atoms with Gasteiger partial charge in [-0.15, -0.1) is 0 Å². The van der Waals surface area contributed by atoms with Gasteiger partial charge in [-0.25, -0.2) is 8.78 Å². The summed E-state index contributed by atoms with van der Waals surface area (Å²) < 4.78 is 24.6. The zero-order valence-electron chi connectivity index (χ0n) is 10.9. The summed E-state index contributed by atoms with van der Waals surface area (Å²) in [6.45, 7) is 2.49. The fourth-order valence-corrected chi connectivity index (χ4v) is 1.69. The first-order valence-corrected chi connectivity index (χ1v) is 5.86. The van der Waals surface area contributed by atoms with Crippen LogP contribution < -0.4 is 5.32 Å². The lowest BCUT2D eigenvalue weighted by atomic mass is 10.3. The molecule has 6 nitrogen and oxygen atoms in total. The second-order valence-electron chi connectivity index (χ2n) is 4.21. The molecule has 1 heterocycles. The van der Waals surface area contributed by atoms with E-state index in [-0.39, 0.29) is 19.7 Å². The van der Waals surface area contributed by atoms with Gasteiger partial charge in [-0.3, -0.25) is 14.8 Å². The summed E-state index contributed by atoms with van der Waals surface area (Å²) in [5.74, 6) is -0.415. The topological polar surface area (TPSA) is 81.2 Å². The molecule has 0 radical (unpaired) electrons. The number of halogens is 2. The lowest BCUT2D eigenvalue weighted by Gasteiger charge is -2.20. The van der Waals surface area contributed by atoms with Crippen molar-refractivity contribution in [3.63, 3.8) is 0 Å². The highest BCUT2D eigenvalue weighted by Crippen LogP contribution is 2.15. The second kappa shape index (κ2) is 7.15. The number of rotatable bonds is 7. The normalized spacial score (nSPS) is 11.3. The van der Waals surface area contributed by atoms with Gasteiger partial charge in [0.2, 0.25) is 5.91 Å². The van der Waals surface area contributed by atoms with E-state index >= 15 is 0 Å². The highest BCUT2D eigenvalue weighted by molar-refractivity contribution is 5.93. The molecule has 0 unspecified atom stereocenters. The van der Waals surface area contributed by atoms with Crippen LogP contribution in [0.2, 0.25) is 0 Å². The van der Waals surface area contributed by atoms with Gasteiger partial charge in [0.1, 0.15) is 0 Å². The molecule has 108 valence electrons. The number of alkyl halides is 2. The van der Waals surface area contributed by atoms with E-state index in [0.717, 1.165) is 0 Å². The summed E-state index contributed by atoms with van der Waals surface area (Å²) in [7, 11) is 0. The van der Waals surface area contributed by atoms with Crippen molar-refractivity contribution in [1.82, 2.24) is 15.1 Å². The molecule has 8 heteroatoms. The number of nitrogens with one attached hydrogen (secondary N) is 2. The third-order valence-corrected chi connectivity index (χ3v) is 2.57. The highest BCUT2D eigenvalue weighted by Gasteiger charge is 2.17. The number of amides is 1. The first-order chi connectivity index (χ1) is 8.93. The number of hydrogen-bond donors (Lipinski definition) is 3. The van der Waals surface area contributed by atoms with Gasteiger partial charge in [0.25, 0.3) is 6.43 Å². The Kier molecular flexibility index (Phi) is 5.84. The molecule has 0 aliphatic heterocycles. The number of carbonyl (C=O) groups is 1. The number of hydrogen-bond acceptors (Lipinski definition) is 4. The van der Waals surface area contributed by atoms with Crippen LogP contribution in [-0.4, -0.2) is 58.8 Å². The molecule has 0 atom stereocenters. The molecule has 0 fully saturated rings. The molecular weight excluding hydrogens is 258 g/mol. The minimum atomic E-state index is -2.54. The predicted molar refractivity (Wildman–Crippen MR) is 66.2 cm³/mol. The molecule has 0 spiro atoms. The van der Waals surface area contributed by atoms with Gasteiger partial charge in [-0.05, 0) is 13.8 Å². The lowest BCUT2D eigenvalue weighted by Crippen LogP contribution is -2.38. The minimum absolute atomic E-state index is 0.0289. The zero-order valence-corrected chi connectivity index (χ0v) is 10.9. The Labute approximate surface area is 109 Å². The minimum Gasteiger partial charge on any atom is -0.395 e. The molecule has 1 aromatic rings. The first-order valence-electron chi connectivity index (χ1n) is 5.86. The van der Waals surface area contributed by atoms with Gasteiger partial charge in [0.05, 0.1) is 36.8 Å². The maximum absolute atomic E-state index is 12.3. The van der Waals surface area contributed by atoms with Gasteiger partial charge in [0, 0.05) is 6.54 Å². The van der Waals surface area contributed by atoms with Gasteiger partial charge < -0.3 is 10.4 Å². The molecule has 0 bridgehead atoms. The number of aromatic amines is 1. The smallest absolute Gasteiger partial charge is 0.251 e. The van der Waals surface area contributed by atoms with E-state index in [0.29, 0.717) is 17.1 Å². The van der Waals surface area contributed by atoms with Crippen molar-refractivity contribution >= 4 is 11.6 Å². The van der Waals surface area contributed by atoms with Crippen molar-refractivity contribution in [1.29, 1.82) is 0 Å². The molecule has 1 aromatic heterocycles. The number of aromatic nitrogens is 2. The quantitative estimate of drug-likeness (QED) is 0.678. The molecule has 0 aliphatic rings. The van der Waals surface area contributed by atoms with Crippen LogP contribution in [0.4, 0.5) is 14.5 Å². The van der Waals surface area contributed by atoms with Crippen LogP contribution in [0.3, 0.4) is 0 Å². The summed E-state index contributed by atoms with van der Waals surface area (Å²) in [4.78, 5) is 13.0. The Hall–Kier alpha value is -1.54. The monoisotopic (exact) mass is 276 g/mol. The Bertz CT molecular complexity index is 403. The average Bonchev–Trinajstić information content (AvgIpc) is 2.60. The van der Waals surface area contributed by atoms with Crippen molar-refractivity contribution in [3.8, 4) is 0 Å². The third kappa shape index (κ3) is 4.92. The second-order valence-corrected chi connectivity index (χ2v) is 4.21. The maximum atomic E-state index is 12.3. The molecular formula is C11H18F2N4O2. The Morgan fingerprint density at radius 2 is 2.21 bits per heavy atom. The van der Waals surface area contributed by atoms with Gasteiger partial charge in [-0.2, -0.15) is 5.10 Å². The summed E-state index contributed by atoms with van der Waals surface area (Å²) in [6, 6.07) is 0. The van der Waals surface area contributed by atoms with E-state index in [1.54, 1.807) is 13.8 Å². The number of carbonyl (C=O) groups excluding carboxylic acids is 1. The third-order valence-electron chi connectivity index (χ3n) is 2.57. The Morgan fingerprint density at radius 3 is 2.68 bits per heavy atom. The standard InChI is InChI=1S/C11H18F2N4O2/c1-7-11(8(2)16-15-7)14-10(19)6-17(3-4-18)5-9(12)13/h9,18H,3-6H2,1-2H3,(H,14,19)(H,15,16). The van der Waals surface area contributed by atoms with Gasteiger partial charge >= 0.3 is 0 Å². The number of anilines is 1. The van der Waals surface area contributed by atoms with E-state index in [1.165, 1.54) is 4.90 Å². The summed E-state index contributed by atoms with van der Waals surface area (Å²) in [5.41, 5.74) is 1.90. The fourth-order valence-electron chi connectivity index (χ4n) is 1.69. The maximum Gasteiger partial charge on any atom is 0.251 e. The summed E-state index contributed by atoms with van der Waals surface area (Å²) >= 11 is 0. The van der Waals surface area contributed by atoms with Crippen LogP contribution in [0.15, 0.2) is 0 Å². The number of H-pyrrole nitrogens is 1. The average molecular weight is 276 g/mol. The SMILES string of the molecule is Cc1n[nH]c(C)c1NC(=O)CN(CCO)CC(F)F. The zero-order chi connectivity index (χ0) is 14.4. The number of aryl methyl sites for hydroxylation is 2. The van der Waals surface area contributed by atoms with Crippen molar-refractivity contribution < 1.29 is 18.7 Å². The number of nitrogens with zero attached hydrogens (tertiary/aromatic N) is 2. The Morgan fingerprint density at radius 1 is 1.53 bits per heavy atom. The van der Waals surface area contributed by atoms with Crippen molar-refractivity contribution in [2.45, 2.75) is 20.3 Å². The van der Waals surface area contributed by atoms with Gasteiger partial charge in [-0.1, -0.05) is 0 Å². The summed E-state index contributed by atoms with van der Waals surface area (Å²) in [6.07, 6.45) is -2.54. The van der Waals surface area contributed by atoms with Crippen molar-refractivity contribution in [2.75, 3.05) is 31.6 Å². The molecule has 0 saturated carbocycles. The summed E-state index contributed by atoms with van der Waals surface area (Å²) in [5, 5.41) is 18.0. The van der Waals surface area contributed by atoms with Crippen molar-refractivity contribution in [2.24, 2.45) is 0 Å². The largest absolute Gasteiger partial charge is 0.395 e. The molecule has 1 rings (SSSR count). The van der Waals surface area contributed by atoms with Crippen LogP contribution in [0.5, 0.6) is 0 Å². The molecule has 0 aromatic carbocycles.